The predicted molar refractivity (Wildman–Crippen MR) is 107 cm³/mol. The maximum Gasteiger partial charge on any atom is 0.227 e. The van der Waals surface area contributed by atoms with E-state index in [1.165, 1.54) is 5.56 Å². The molecule has 27 heavy (non-hydrogen) atoms. The number of likely N-dealkylation sites (tertiary alicyclic amines) is 1. The van der Waals surface area contributed by atoms with E-state index in [1.807, 2.05) is 47.5 Å². The summed E-state index contributed by atoms with van der Waals surface area (Å²) in [4.78, 5) is 18.2. The Balaban J connectivity index is 1.49. The Bertz CT molecular complexity index is 918. The number of rotatable bonds is 5. The van der Waals surface area contributed by atoms with Crippen molar-refractivity contribution in [2.45, 2.75) is 25.7 Å². The number of piperidine rings is 1. The summed E-state index contributed by atoms with van der Waals surface area (Å²) in [6.07, 6.45) is 5.04. The van der Waals surface area contributed by atoms with Crippen LogP contribution in [0.25, 0.3) is 10.9 Å². The van der Waals surface area contributed by atoms with Crippen LogP contribution in [-0.4, -0.2) is 40.6 Å². The number of aliphatic hydroxyl groups is 1. The van der Waals surface area contributed by atoms with E-state index < -0.39 is 0 Å². The second kappa shape index (κ2) is 7.57. The van der Waals surface area contributed by atoms with Gasteiger partial charge < -0.3 is 15.0 Å². The molecule has 1 saturated heterocycles. The molecule has 0 unspecified atom stereocenters. The highest BCUT2D eigenvalue weighted by Crippen LogP contribution is 2.34. The van der Waals surface area contributed by atoms with Crippen LogP contribution in [0.5, 0.6) is 0 Å². The van der Waals surface area contributed by atoms with Gasteiger partial charge in [-0.3, -0.25) is 4.79 Å². The normalized spacial score (nSPS) is 20.1. The molecule has 1 aliphatic heterocycles. The van der Waals surface area contributed by atoms with Gasteiger partial charge in [-0.05, 0) is 36.5 Å². The third-order valence-electron chi connectivity index (χ3n) is 5.79. The molecular formula is C23H26N2O2. The van der Waals surface area contributed by atoms with Crippen LogP contribution in [0, 0.1) is 5.41 Å². The smallest absolute Gasteiger partial charge is 0.227 e. The number of aromatic amines is 1. The number of carbonyl (C=O) groups is 1. The Kier molecular flexibility index (Phi) is 4.99. The van der Waals surface area contributed by atoms with Gasteiger partial charge in [-0.15, -0.1) is 0 Å². The van der Waals surface area contributed by atoms with E-state index in [-0.39, 0.29) is 17.9 Å². The summed E-state index contributed by atoms with van der Waals surface area (Å²) >= 11 is 0. The maximum absolute atomic E-state index is 13.0. The molecule has 0 bridgehead atoms. The molecule has 1 amide bonds. The number of hydrogen-bond acceptors (Lipinski definition) is 2. The number of hydrogen-bond donors (Lipinski definition) is 2. The number of para-hydroxylation sites is 1. The van der Waals surface area contributed by atoms with Gasteiger partial charge in [0.2, 0.25) is 5.91 Å². The number of aliphatic hydroxyl groups excluding tert-OH is 1. The minimum atomic E-state index is -0.241. The fraction of sp³-hybridized carbons (Fsp3) is 0.348. The van der Waals surface area contributed by atoms with Crippen molar-refractivity contribution in [2.75, 3.05) is 19.7 Å². The standard InChI is InChI=1S/C23H26N2O2/c26-17-23(14-18-7-2-1-3-8-18)11-6-12-25(16-23)22(27)13-19-15-24-21-10-5-4-9-20(19)21/h1-5,7-10,15,24,26H,6,11-14,16-17H2/t23-/m0/s1. The molecule has 2 N–H and O–H groups in total. The van der Waals surface area contributed by atoms with Crippen LogP contribution in [0.3, 0.4) is 0 Å². The highest BCUT2D eigenvalue weighted by atomic mass is 16.3. The van der Waals surface area contributed by atoms with Crippen molar-refractivity contribution < 1.29 is 9.90 Å². The molecule has 0 radical (unpaired) electrons. The van der Waals surface area contributed by atoms with E-state index in [0.717, 1.165) is 42.3 Å². The summed E-state index contributed by atoms with van der Waals surface area (Å²) in [6.45, 7) is 1.51. The van der Waals surface area contributed by atoms with Gasteiger partial charge in [-0.25, -0.2) is 0 Å². The fourth-order valence-corrected chi connectivity index (χ4v) is 4.33. The number of H-pyrrole nitrogens is 1. The zero-order valence-corrected chi connectivity index (χ0v) is 15.5. The van der Waals surface area contributed by atoms with Crippen LogP contribution in [0.4, 0.5) is 0 Å². The summed E-state index contributed by atoms with van der Waals surface area (Å²) in [5, 5.41) is 11.3. The summed E-state index contributed by atoms with van der Waals surface area (Å²) in [7, 11) is 0. The van der Waals surface area contributed by atoms with Crippen LogP contribution in [-0.2, 0) is 17.6 Å². The average molecular weight is 362 g/mol. The summed E-state index contributed by atoms with van der Waals surface area (Å²) in [5.74, 6) is 0.144. The average Bonchev–Trinajstić information content (AvgIpc) is 3.12. The number of nitrogens with one attached hydrogen (secondary N) is 1. The van der Waals surface area contributed by atoms with Gasteiger partial charge >= 0.3 is 0 Å². The predicted octanol–water partition coefficient (Wildman–Crippen LogP) is 3.55. The van der Waals surface area contributed by atoms with Gasteiger partial charge in [-0.2, -0.15) is 0 Å². The van der Waals surface area contributed by atoms with Crippen LogP contribution in [0.15, 0.2) is 60.8 Å². The van der Waals surface area contributed by atoms with E-state index in [1.54, 1.807) is 0 Å². The number of benzene rings is 2. The Morgan fingerprint density at radius 3 is 2.70 bits per heavy atom. The zero-order chi connectivity index (χ0) is 18.7. The van der Waals surface area contributed by atoms with Crippen molar-refractivity contribution in [3.8, 4) is 0 Å². The Morgan fingerprint density at radius 1 is 1.11 bits per heavy atom. The maximum atomic E-state index is 13.0. The lowest BCUT2D eigenvalue weighted by molar-refractivity contribution is -0.134. The van der Waals surface area contributed by atoms with Gasteiger partial charge in [-0.1, -0.05) is 48.5 Å². The first-order valence-corrected chi connectivity index (χ1v) is 9.67. The molecule has 4 rings (SSSR count). The van der Waals surface area contributed by atoms with E-state index in [4.69, 9.17) is 0 Å². The molecule has 2 heterocycles. The number of amides is 1. The lowest BCUT2D eigenvalue weighted by Crippen LogP contribution is -2.49. The minimum Gasteiger partial charge on any atom is -0.396 e. The van der Waals surface area contributed by atoms with E-state index in [9.17, 15) is 9.90 Å². The van der Waals surface area contributed by atoms with E-state index >= 15 is 0 Å². The minimum absolute atomic E-state index is 0.110. The van der Waals surface area contributed by atoms with Crippen LogP contribution >= 0.6 is 0 Å². The molecule has 2 aromatic carbocycles. The molecule has 4 heteroatoms. The molecule has 1 aromatic heterocycles. The van der Waals surface area contributed by atoms with Crippen molar-refractivity contribution in [3.63, 3.8) is 0 Å². The molecule has 140 valence electrons. The Hall–Kier alpha value is -2.59. The fourth-order valence-electron chi connectivity index (χ4n) is 4.33. The van der Waals surface area contributed by atoms with Crippen molar-refractivity contribution >= 4 is 16.8 Å². The third-order valence-corrected chi connectivity index (χ3v) is 5.79. The number of fused-ring (bicyclic) bond motifs is 1. The largest absolute Gasteiger partial charge is 0.396 e. The van der Waals surface area contributed by atoms with Crippen molar-refractivity contribution in [2.24, 2.45) is 5.41 Å². The number of aromatic nitrogens is 1. The quantitative estimate of drug-likeness (QED) is 0.729. The first kappa shape index (κ1) is 17.8. The van der Waals surface area contributed by atoms with Crippen LogP contribution in [0.2, 0.25) is 0 Å². The highest BCUT2D eigenvalue weighted by molar-refractivity contribution is 5.88. The topological polar surface area (TPSA) is 56.3 Å². The third kappa shape index (κ3) is 3.76. The lowest BCUT2D eigenvalue weighted by atomic mass is 9.75. The summed E-state index contributed by atoms with van der Waals surface area (Å²) in [5.41, 5.74) is 3.08. The van der Waals surface area contributed by atoms with Gasteiger partial charge in [0.05, 0.1) is 13.0 Å². The van der Waals surface area contributed by atoms with Gasteiger partial charge in [0.1, 0.15) is 0 Å². The van der Waals surface area contributed by atoms with Gasteiger partial charge in [0, 0.05) is 35.6 Å². The van der Waals surface area contributed by atoms with Crippen molar-refractivity contribution in [3.05, 3.63) is 71.9 Å². The molecule has 1 atom stereocenters. The SMILES string of the molecule is O=C(Cc1c[nH]c2ccccc12)N1CCC[C@](CO)(Cc2ccccc2)C1. The number of carbonyl (C=O) groups excluding carboxylic acids is 1. The molecule has 3 aromatic rings. The first-order chi connectivity index (χ1) is 13.2. The Morgan fingerprint density at radius 2 is 1.89 bits per heavy atom. The second-order valence-electron chi connectivity index (χ2n) is 7.78. The van der Waals surface area contributed by atoms with E-state index in [0.29, 0.717) is 13.0 Å². The molecule has 4 nitrogen and oxygen atoms in total. The second-order valence-corrected chi connectivity index (χ2v) is 7.78. The zero-order valence-electron chi connectivity index (χ0n) is 15.5. The summed E-state index contributed by atoms with van der Waals surface area (Å²) in [6, 6.07) is 18.3. The first-order valence-electron chi connectivity index (χ1n) is 9.67. The van der Waals surface area contributed by atoms with Crippen LogP contribution < -0.4 is 0 Å². The molecule has 1 aliphatic rings. The highest BCUT2D eigenvalue weighted by Gasteiger charge is 2.36. The summed E-state index contributed by atoms with van der Waals surface area (Å²) < 4.78 is 0. The van der Waals surface area contributed by atoms with Gasteiger partial charge in [0.15, 0.2) is 0 Å². The van der Waals surface area contributed by atoms with Crippen LogP contribution in [0.1, 0.15) is 24.0 Å². The molecule has 0 spiro atoms. The Labute approximate surface area is 159 Å². The molecule has 1 fully saturated rings. The molecular weight excluding hydrogens is 336 g/mol. The molecule has 0 saturated carbocycles. The molecule has 0 aliphatic carbocycles. The van der Waals surface area contributed by atoms with Crippen molar-refractivity contribution in [1.29, 1.82) is 0 Å². The van der Waals surface area contributed by atoms with Crippen molar-refractivity contribution in [1.82, 2.24) is 9.88 Å². The number of nitrogens with zero attached hydrogens (tertiary/aromatic N) is 1. The monoisotopic (exact) mass is 362 g/mol. The lowest BCUT2D eigenvalue weighted by Gasteiger charge is -2.42. The van der Waals surface area contributed by atoms with Gasteiger partial charge in [0.25, 0.3) is 0 Å². The van der Waals surface area contributed by atoms with E-state index in [2.05, 4.69) is 23.2 Å².